The van der Waals surface area contributed by atoms with Crippen molar-refractivity contribution in [2.24, 2.45) is 0 Å². The molecule has 7 nitrogen and oxygen atoms in total. The second kappa shape index (κ2) is 5.45. The highest BCUT2D eigenvalue weighted by Gasteiger charge is 2.26. The summed E-state index contributed by atoms with van der Waals surface area (Å²) in [5.74, 6) is 1.57. The number of nitrogens with two attached hydrogens (primary N) is 1. The molecular formula is C15H19N7S. The van der Waals surface area contributed by atoms with Crippen LogP contribution in [0.4, 0.5) is 11.8 Å². The van der Waals surface area contributed by atoms with Gasteiger partial charge < -0.3 is 15.5 Å². The highest BCUT2D eigenvalue weighted by molar-refractivity contribution is 7.19. The fourth-order valence-corrected chi connectivity index (χ4v) is 4.72. The van der Waals surface area contributed by atoms with E-state index in [2.05, 4.69) is 14.9 Å². The van der Waals surface area contributed by atoms with E-state index in [0.29, 0.717) is 24.9 Å². The van der Waals surface area contributed by atoms with Crippen molar-refractivity contribution in [3.05, 3.63) is 10.4 Å². The minimum absolute atomic E-state index is 0.305. The highest BCUT2D eigenvalue weighted by Crippen LogP contribution is 2.39. The minimum atomic E-state index is 0.305. The molecule has 1 aliphatic heterocycles. The van der Waals surface area contributed by atoms with Crippen molar-refractivity contribution >= 4 is 45.5 Å². The Balaban J connectivity index is 1.79. The maximum absolute atomic E-state index is 8.08. The lowest BCUT2D eigenvalue weighted by Gasteiger charge is -2.34. The Labute approximate surface area is 138 Å². The van der Waals surface area contributed by atoms with Crippen molar-refractivity contribution in [1.29, 1.82) is 10.8 Å². The van der Waals surface area contributed by atoms with Gasteiger partial charge >= 0.3 is 0 Å². The normalized spacial score (nSPS) is 18.3. The van der Waals surface area contributed by atoms with Gasteiger partial charge in [-0.15, -0.1) is 11.3 Å². The number of rotatable bonds is 2. The van der Waals surface area contributed by atoms with Crippen molar-refractivity contribution in [3.8, 4) is 0 Å². The molecule has 0 amide bonds. The number of amidine groups is 1. The molecule has 120 valence electrons. The number of aromatic nitrogens is 2. The molecule has 1 aliphatic carbocycles. The SMILES string of the molecule is N=CN1CCN(c2nc(N)nc3c4c(sc23)CCCC4)CC1=N. The van der Waals surface area contributed by atoms with E-state index in [1.165, 1.54) is 29.6 Å². The Morgan fingerprint density at radius 1 is 1.17 bits per heavy atom. The topological polar surface area (TPSA) is 106 Å². The van der Waals surface area contributed by atoms with Crippen LogP contribution in [-0.2, 0) is 12.8 Å². The van der Waals surface area contributed by atoms with Gasteiger partial charge in [-0.1, -0.05) is 0 Å². The van der Waals surface area contributed by atoms with E-state index in [9.17, 15) is 0 Å². The average molecular weight is 329 g/mol. The third-order valence-electron chi connectivity index (χ3n) is 4.55. The van der Waals surface area contributed by atoms with Crippen LogP contribution < -0.4 is 10.6 Å². The summed E-state index contributed by atoms with van der Waals surface area (Å²) in [7, 11) is 0. The predicted molar refractivity (Wildman–Crippen MR) is 93.9 cm³/mol. The van der Waals surface area contributed by atoms with Crippen LogP contribution in [0.15, 0.2) is 0 Å². The maximum atomic E-state index is 8.08. The summed E-state index contributed by atoms with van der Waals surface area (Å²) in [4.78, 5) is 14.1. The van der Waals surface area contributed by atoms with Crippen molar-refractivity contribution in [2.75, 3.05) is 30.3 Å². The van der Waals surface area contributed by atoms with E-state index >= 15 is 0 Å². The third kappa shape index (κ3) is 2.33. The second-order valence-electron chi connectivity index (χ2n) is 5.98. The first-order valence-electron chi connectivity index (χ1n) is 7.84. The molecule has 2 aromatic heterocycles. The number of nitrogen functional groups attached to an aromatic ring is 1. The molecule has 0 saturated carbocycles. The molecule has 4 rings (SSSR count). The Hall–Kier alpha value is -2.22. The van der Waals surface area contributed by atoms with Crippen LogP contribution in [0.1, 0.15) is 23.3 Å². The van der Waals surface area contributed by atoms with Crippen LogP contribution in [0.25, 0.3) is 10.2 Å². The average Bonchev–Trinajstić information content (AvgIpc) is 2.92. The summed E-state index contributed by atoms with van der Waals surface area (Å²) < 4.78 is 1.10. The summed E-state index contributed by atoms with van der Waals surface area (Å²) in [6.45, 7) is 1.80. The zero-order valence-electron chi connectivity index (χ0n) is 12.8. The Morgan fingerprint density at radius 3 is 2.78 bits per heavy atom. The molecule has 0 unspecified atom stereocenters. The van der Waals surface area contributed by atoms with Gasteiger partial charge in [-0.05, 0) is 31.2 Å². The molecular weight excluding hydrogens is 310 g/mol. The second-order valence-corrected chi connectivity index (χ2v) is 7.09. The maximum Gasteiger partial charge on any atom is 0.222 e. The van der Waals surface area contributed by atoms with E-state index in [-0.39, 0.29) is 0 Å². The fourth-order valence-electron chi connectivity index (χ4n) is 3.37. The summed E-state index contributed by atoms with van der Waals surface area (Å²) >= 11 is 1.79. The molecule has 2 aliphatic rings. The Kier molecular flexibility index (Phi) is 3.41. The number of aryl methyl sites for hydroxylation is 2. The molecule has 4 N–H and O–H groups in total. The van der Waals surface area contributed by atoms with Crippen molar-refractivity contribution < 1.29 is 0 Å². The molecule has 3 heterocycles. The van der Waals surface area contributed by atoms with Crippen LogP contribution in [-0.4, -0.2) is 46.7 Å². The monoisotopic (exact) mass is 329 g/mol. The summed E-state index contributed by atoms with van der Waals surface area (Å²) in [6.07, 6.45) is 5.85. The first kappa shape index (κ1) is 14.4. The van der Waals surface area contributed by atoms with E-state index in [0.717, 1.165) is 35.4 Å². The van der Waals surface area contributed by atoms with Gasteiger partial charge in [0.15, 0.2) is 5.82 Å². The highest BCUT2D eigenvalue weighted by atomic mass is 32.1. The molecule has 1 fully saturated rings. The number of thiophene rings is 1. The number of piperazine rings is 1. The molecule has 0 bridgehead atoms. The zero-order chi connectivity index (χ0) is 16.0. The van der Waals surface area contributed by atoms with Gasteiger partial charge in [0, 0.05) is 18.0 Å². The van der Waals surface area contributed by atoms with Gasteiger partial charge in [-0.25, -0.2) is 4.98 Å². The molecule has 0 atom stereocenters. The molecule has 23 heavy (non-hydrogen) atoms. The first-order valence-corrected chi connectivity index (χ1v) is 8.66. The quantitative estimate of drug-likeness (QED) is 0.576. The predicted octanol–water partition coefficient (Wildman–Crippen LogP) is 1.86. The molecule has 2 aromatic rings. The summed E-state index contributed by atoms with van der Waals surface area (Å²) in [5, 5.41) is 15.4. The Bertz CT molecular complexity index is 797. The molecule has 0 spiro atoms. The van der Waals surface area contributed by atoms with E-state index < -0.39 is 0 Å². The number of hydrogen-bond donors (Lipinski definition) is 3. The van der Waals surface area contributed by atoms with E-state index in [4.69, 9.17) is 16.6 Å². The van der Waals surface area contributed by atoms with Crippen molar-refractivity contribution in [1.82, 2.24) is 14.9 Å². The van der Waals surface area contributed by atoms with Gasteiger partial charge in [0.1, 0.15) is 5.84 Å². The van der Waals surface area contributed by atoms with Crippen molar-refractivity contribution in [3.63, 3.8) is 0 Å². The smallest absolute Gasteiger partial charge is 0.222 e. The number of hydrogen-bond acceptors (Lipinski definition) is 7. The lowest BCUT2D eigenvalue weighted by atomic mass is 9.98. The summed E-state index contributed by atoms with van der Waals surface area (Å²) in [6, 6.07) is 0. The molecule has 8 heteroatoms. The lowest BCUT2D eigenvalue weighted by Crippen LogP contribution is -2.49. The van der Waals surface area contributed by atoms with Crippen LogP contribution in [0, 0.1) is 10.8 Å². The van der Waals surface area contributed by atoms with Crippen LogP contribution in [0.5, 0.6) is 0 Å². The van der Waals surface area contributed by atoms with Gasteiger partial charge in [0.25, 0.3) is 0 Å². The van der Waals surface area contributed by atoms with Crippen molar-refractivity contribution in [2.45, 2.75) is 25.7 Å². The molecule has 1 saturated heterocycles. The van der Waals surface area contributed by atoms with Crippen LogP contribution in [0.2, 0.25) is 0 Å². The van der Waals surface area contributed by atoms with E-state index in [1.54, 1.807) is 16.2 Å². The van der Waals surface area contributed by atoms with Gasteiger partial charge in [0.05, 0.1) is 23.1 Å². The van der Waals surface area contributed by atoms with Gasteiger partial charge in [0.2, 0.25) is 5.95 Å². The molecule has 0 radical (unpaired) electrons. The Morgan fingerprint density at radius 2 is 2.00 bits per heavy atom. The lowest BCUT2D eigenvalue weighted by molar-refractivity contribution is 0.556. The molecule has 0 aromatic carbocycles. The number of nitrogens with one attached hydrogen (secondary N) is 2. The van der Waals surface area contributed by atoms with Gasteiger partial charge in [-0.2, -0.15) is 4.98 Å². The third-order valence-corrected chi connectivity index (χ3v) is 5.82. The minimum Gasteiger partial charge on any atom is -0.368 e. The zero-order valence-corrected chi connectivity index (χ0v) is 13.6. The largest absolute Gasteiger partial charge is 0.368 e. The fraction of sp³-hybridized carbons (Fsp3) is 0.467. The number of anilines is 2. The van der Waals surface area contributed by atoms with E-state index in [1.807, 2.05) is 0 Å². The number of nitrogens with zero attached hydrogens (tertiary/aromatic N) is 4. The van der Waals surface area contributed by atoms with Gasteiger partial charge in [-0.3, -0.25) is 10.8 Å². The number of fused-ring (bicyclic) bond motifs is 3. The van der Waals surface area contributed by atoms with Crippen LogP contribution >= 0.6 is 11.3 Å². The first-order chi connectivity index (χ1) is 11.2. The standard InChI is InChI=1S/C15H19N7S/c16-8-22-6-5-21(7-11(22)17)14-13-12(19-15(18)20-14)9-3-1-2-4-10(9)23-13/h8,16-17H,1-7H2,(H2,18,19,20). The summed E-state index contributed by atoms with van der Waals surface area (Å²) in [5.41, 5.74) is 8.32. The van der Waals surface area contributed by atoms with Crippen LogP contribution in [0.3, 0.4) is 0 Å².